The van der Waals surface area contributed by atoms with Crippen molar-refractivity contribution in [2.24, 2.45) is 5.92 Å². The van der Waals surface area contributed by atoms with Crippen LogP contribution in [0.25, 0.3) is 0 Å². The summed E-state index contributed by atoms with van der Waals surface area (Å²) in [5.41, 5.74) is 5.82. The topological polar surface area (TPSA) is 95.6 Å². The summed E-state index contributed by atoms with van der Waals surface area (Å²) in [4.78, 5) is 24.8. The minimum absolute atomic E-state index is 0.142. The molecule has 2 amide bonds. The highest BCUT2D eigenvalue weighted by Gasteiger charge is 2.32. The number of hydrogen-bond acceptors (Lipinski definition) is 4. The maximum atomic E-state index is 12.8. The molecule has 1 aliphatic rings. The fourth-order valence-electron chi connectivity index (χ4n) is 3.18. The average molecular weight is 470 g/mol. The zero-order valence-electron chi connectivity index (χ0n) is 16.2. The third kappa shape index (κ3) is 5.13. The quantitative estimate of drug-likeness (QED) is 0.672. The molecule has 2 aromatic carbocycles. The lowest BCUT2D eigenvalue weighted by Crippen LogP contribution is -2.48. The molecule has 30 heavy (non-hydrogen) atoms. The van der Waals surface area contributed by atoms with Crippen molar-refractivity contribution in [1.82, 2.24) is 15.2 Å². The zero-order valence-corrected chi connectivity index (χ0v) is 18.5. The molecule has 0 saturated carbocycles. The lowest BCUT2D eigenvalue weighted by molar-refractivity contribution is -0.126. The second kappa shape index (κ2) is 9.34. The Labute approximate surface area is 185 Å². The molecule has 2 aromatic rings. The van der Waals surface area contributed by atoms with Gasteiger partial charge in [0.1, 0.15) is 0 Å². The van der Waals surface area contributed by atoms with E-state index in [-0.39, 0.29) is 34.5 Å². The standard InChI is InChI=1S/C20H21Cl2N3O4S/c1-13-2-5-16(6-3-13)30(28,29)25-10-8-14(9-11-25)19(26)23-24-20(27)17-12-15(21)4-7-18(17)22/h2-7,12,14H,8-11H2,1H3,(H,23,26)(H,24,27). The monoisotopic (exact) mass is 469 g/mol. The number of hydrogen-bond donors (Lipinski definition) is 2. The molecule has 0 atom stereocenters. The highest BCUT2D eigenvalue weighted by atomic mass is 35.5. The first-order valence-electron chi connectivity index (χ1n) is 9.30. The molecule has 0 aliphatic carbocycles. The van der Waals surface area contributed by atoms with Gasteiger partial charge < -0.3 is 0 Å². The Morgan fingerprint density at radius 3 is 2.27 bits per heavy atom. The summed E-state index contributed by atoms with van der Waals surface area (Å²) in [6, 6.07) is 11.1. The van der Waals surface area contributed by atoms with Crippen LogP contribution in [0.2, 0.25) is 10.0 Å². The van der Waals surface area contributed by atoms with Crippen molar-refractivity contribution in [3.8, 4) is 0 Å². The van der Waals surface area contributed by atoms with Gasteiger partial charge in [0.05, 0.1) is 15.5 Å². The van der Waals surface area contributed by atoms with Gasteiger partial charge in [-0.1, -0.05) is 40.9 Å². The molecule has 1 saturated heterocycles. The number of nitrogens with one attached hydrogen (secondary N) is 2. The van der Waals surface area contributed by atoms with Crippen LogP contribution in [0.15, 0.2) is 47.4 Å². The summed E-state index contributed by atoms with van der Waals surface area (Å²) >= 11 is 11.8. The van der Waals surface area contributed by atoms with Gasteiger partial charge in [-0.3, -0.25) is 20.4 Å². The summed E-state index contributed by atoms with van der Waals surface area (Å²) in [7, 11) is -3.59. The highest BCUT2D eigenvalue weighted by molar-refractivity contribution is 7.89. The number of rotatable bonds is 4. The number of carbonyl (C=O) groups excluding carboxylic acids is 2. The summed E-state index contributed by atoms with van der Waals surface area (Å²) in [6.07, 6.45) is 0.704. The minimum atomic E-state index is -3.59. The Kier molecular flexibility index (Phi) is 7.02. The summed E-state index contributed by atoms with van der Waals surface area (Å²) in [5, 5.41) is 0.554. The molecule has 1 aliphatic heterocycles. The van der Waals surface area contributed by atoms with Gasteiger partial charge in [-0.15, -0.1) is 0 Å². The first kappa shape index (κ1) is 22.6. The third-order valence-corrected chi connectivity index (χ3v) is 7.43. The number of aryl methyl sites for hydroxylation is 1. The molecule has 0 spiro atoms. The molecule has 2 N–H and O–H groups in total. The number of carbonyl (C=O) groups is 2. The molecule has 7 nitrogen and oxygen atoms in total. The smallest absolute Gasteiger partial charge is 0.271 e. The maximum Gasteiger partial charge on any atom is 0.271 e. The summed E-state index contributed by atoms with van der Waals surface area (Å²) in [5.74, 6) is -1.38. The van der Waals surface area contributed by atoms with E-state index in [1.54, 1.807) is 30.3 Å². The number of halogens is 2. The first-order chi connectivity index (χ1) is 14.2. The van der Waals surface area contributed by atoms with E-state index >= 15 is 0 Å². The normalized spacial score (nSPS) is 15.6. The Bertz CT molecular complexity index is 1050. The van der Waals surface area contributed by atoms with Crippen molar-refractivity contribution < 1.29 is 18.0 Å². The summed E-state index contributed by atoms with van der Waals surface area (Å²) in [6.45, 7) is 2.34. The number of hydrazine groups is 1. The second-order valence-electron chi connectivity index (χ2n) is 7.06. The van der Waals surface area contributed by atoms with E-state index in [9.17, 15) is 18.0 Å². The van der Waals surface area contributed by atoms with Gasteiger partial charge in [-0.05, 0) is 50.1 Å². The Morgan fingerprint density at radius 1 is 1.00 bits per heavy atom. The molecule has 3 rings (SSSR count). The van der Waals surface area contributed by atoms with Gasteiger partial charge in [0.15, 0.2) is 0 Å². The van der Waals surface area contributed by atoms with E-state index in [1.807, 2.05) is 6.92 Å². The van der Waals surface area contributed by atoms with E-state index in [2.05, 4.69) is 10.9 Å². The maximum absolute atomic E-state index is 12.8. The van der Waals surface area contributed by atoms with Crippen LogP contribution in [0, 0.1) is 12.8 Å². The van der Waals surface area contributed by atoms with Crippen LogP contribution < -0.4 is 10.9 Å². The van der Waals surface area contributed by atoms with E-state index in [0.29, 0.717) is 17.9 Å². The third-order valence-electron chi connectivity index (χ3n) is 4.96. The molecule has 0 bridgehead atoms. The molecular formula is C20H21Cl2N3O4S. The average Bonchev–Trinajstić information content (AvgIpc) is 2.74. The van der Waals surface area contributed by atoms with Crippen molar-refractivity contribution in [2.75, 3.05) is 13.1 Å². The number of sulfonamides is 1. The SMILES string of the molecule is Cc1ccc(S(=O)(=O)N2CCC(C(=O)NNC(=O)c3cc(Cl)ccc3Cl)CC2)cc1. The van der Waals surface area contributed by atoms with Crippen LogP contribution in [-0.4, -0.2) is 37.6 Å². The molecule has 160 valence electrons. The van der Waals surface area contributed by atoms with Gasteiger partial charge >= 0.3 is 0 Å². The van der Waals surface area contributed by atoms with Crippen LogP contribution in [-0.2, 0) is 14.8 Å². The summed E-state index contributed by atoms with van der Waals surface area (Å²) < 4.78 is 26.9. The van der Waals surface area contributed by atoms with Crippen LogP contribution in [0.3, 0.4) is 0 Å². The van der Waals surface area contributed by atoms with Crippen molar-refractivity contribution in [2.45, 2.75) is 24.7 Å². The largest absolute Gasteiger partial charge is 0.273 e. The number of amides is 2. The van der Waals surface area contributed by atoms with Gasteiger partial charge in [-0.2, -0.15) is 4.31 Å². The molecular weight excluding hydrogens is 449 g/mol. The Hall–Kier alpha value is -2.13. The zero-order chi connectivity index (χ0) is 21.9. The predicted octanol–water partition coefficient (Wildman–Crippen LogP) is 3.16. The molecule has 1 heterocycles. The van der Waals surface area contributed by atoms with Gasteiger partial charge in [-0.25, -0.2) is 8.42 Å². The van der Waals surface area contributed by atoms with Crippen LogP contribution in [0.5, 0.6) is 0 Å². The van der Waals surface area contributed by atoms with Crippen LogP contribution in [0.4, 0.5) is 0 Å². The number of benzene rings is 2. The molecule has 0 unspecified atom stereocenters. The molecule has 10 heteroatoms. The van der Waals surface area contributed by atoms with Crippen molar-refractivity contribution >= 4 is 45.0 Å². The van der Waals surface area contributed by atoms with Crippen molar-refractivity contribution in [3.05, 3.63) is 63.6 Å². The van der Waals surface area contributed by atoms with Gasteiger partial charge in [0, 0.05) is 24.0 Å². The fourth-order valence-corrected chi connectivity index (χ4v) is 5.02. The fraction of sp³-hybridized carbons (Fsp3) is 0.300. The van der Waals surface area contributed by atoms with Crippen LogP contribution >= 0.6 is 23.2 Å². The van der Waals surface area contributed by atoms with Gasteiger partial charge in [0.2, 0.25) is 15.9 Å². The van der Waals surface area contributed by atoms with Crippen LogP contribution in [0.1, 0.15) is 28.8 Å². The highest BCUT2D eigenvalue weighted by Crippen LogP contribution is 2.24. The van der Waals surface area contributed by atoms with E-state index in [1.165, 1.54) is 16.4 Å². The molecule has 0 aromatic heterocycles. The molecule has 1 fully saturated rings. The number of nitrogens with zero attached hydrogens (tertiary/aromatic N) is 1. The minimum Gasteiger partial charge on any atom is -0.273 e. The number of piperidine rings is 1. The lowest BCUT2D eigenvalue weighted by atomic mass is 9.98. The Balaban J connectivity index is 1.54. The van der Waals surface area contributed by atoms with Crippen molar-refractivity contribution in [1.29, 1.82) is 0 Å². The van der Waals surface area contributed by atoms with E-state index in [0.717, 1.165) is 5.56 Å². The predicted molar refractivity (Wildman–Crippen MR) is 115 cm³/mol. The van der Waals surface area contributed by atoms with Gasteiger partial charge in [0.25, 0.3) is 5.91 Å². The van der Waals surface area contributed by atoms with E-state index < -0.39 is 21.8 Å². The van der Waals surface area contributed by atoms with E-state index in [4.69, 9.17) is 23.2 Å². The van der Waals surface area contributed by atoms with Crippen molar-refractivity contribution in [3.63, 3.8) is 0 Å². The Morgan fingerprint density at radius 2 is 1.63 bits per heavy atom. The molecule has 0 radical (unpaired) electrons. The lowest BCUT2D eigenvalue weighted by Gasteiger charge is -2.30. The second-order valence-corrected chi connectivity index (χ2v) is 9.84. The first-order valence-corrected chi connectivity index (χ1v) is 11.5.